The molecule has 0 unspecified atom stereocenters. The monoisotopic (exact) mass is 536 g/mol. The molecule has 6 rings (SSSR count). The number of sulfonamides is 1. The van der Waals surface area contributed by atoms with Gasteiger partial charge in [-0.2, -0.15) is 9.40 Å². The minimum absolute atomic E-state index is 0.152. The molecule has 4 heterocycles. The van der Waals surface area contributed by atoms with Crippen LogP contribution in [-0.4, -0.2) is 72.7 Å². The van der Waals surface area contributed by atoms with Crippen molar-refractivity contribution in [3.05, 3.63) is 77.8 Å². The first-order chi connectivity index (χ1) is 18.0. The topological polar surface area (TPSA) is 94.0 Å². The van der Waals surface area contributed by atoms with E-state index in [4.69, 9.17) is 14.6 Å². The molecule has 190 valence electrons. The van der Waals surface area contributed by atoms with Crippen molar-refractivity contribution in [2.45, 2.75) is 4.90 Å². The Hall–Kier alpha value is -3.67. The summed E-state index contributed by atoms with van der Waals surface area (Å²) < 4.78 is 40.7. The highest BCUT2D eigenvalue weighted by Gasteiger charge is 2.32. The van der Waals surface area contributed by atoms with E-state index in [1.807, 2.05) is 47.8 Å². The molecular formula is C26H24N4O5S2. The van der Waals surface area contributed by atoms with Crippen LogP contribution in [0.3, 0.4) is 0 Å². The van der Waals surface area contributed by atoms with E-state index in [9.17, 15) is 13.2 Å². The number of fused-ring (bicyclic) bond motifs is 1. The van der Waals surface area contributed by atoms with Crippen molar-refractivity contribution in [1.29, 1.82) is 0 Å². The first kappa shape index (κ1) is 23.7. The maximum absolute atomic E-state index is 13.6. The van der Waals surface area contributed by atoms with E-state index in [-0.39, 0.29) is 37.0 Å². The van der Waals surface area contributed by atoms with Gasteiger partial charge in [-0.25, -0.2) is 13.1 Å². The van der Waals surface area contributed by atoms with E-state index in [2.05, 4.69) is 0 Å². The molecule has 2 aromatic heterocycles. The number of amides is 1. The number of hydrogen-bond acceptors (Lipinski definition) is 7. The molecular weight excluding hydrogens is 512 g/mol. The molecule has 0 saturated carbocycles. The van der Waals surface area contributed by atoms with E-state index < -0.39 is 10.0 Å². The lowest BCUT2D eigenvalue weighted by atomic mass is 10.2. The second-order valence-electron chi connectivity index (χ2n) is 8.64. The molecule has 11 heteroatoms. The van der Waals surface area contributed by atoms with Gasteiger partial charge in [0.25, 0.3) is 5.91 Å². The molecule has 1 amide bonds. The predicted molar refractivity (Wildman–Crippen MR) is 139 cm³/mol. The first-order valence-electron chi connectivity index (χ1n) is 11.9. The van der Waals surface area contributed by atoms with Crippen molar-refractivity contribution in [2.75, 3.05) is 39.4 Å². The van der Waals surface area contributed by atoms with Crippen molar-refractivity contribution in [3.63, 3.8) is 0 Å². The third kappa shape index (κ3) is 4.50. The third-order valence-electron chi connectivity index (χ3n) is 6.38. The lowest BCUT2D eigenvalue weighted by Gasteiger charge is -2.34. The molecule has 0 spiro atoms. The number of nitrogens with zero attached hydrogens (tertiary/aromatic N) is 4. The molecule has 0 atom stereocenters. The van der Waals surface area contributed by atoms with Gasteiger partial charge in [0.1, 0.15) is 24.6 Å². The van der Waals surface area contributed by atoms with Crippen LogP contribution in [-0.2, 0) is 10.0 Å². The van der Waals surface area contributed by atoms with Crippen molar-refractivity contribution < 1.29 is 22.7 Å². The van der Waals surface area contributed by atoms with Crippen molar-refractivity contribution in [2.24, 2.45) is 0 Å². The minimum atomic E-state index is -3.74. The lowest BCUT2D eigenvalue weighted by Crippen LogP contribution is -2.50. The van der Waals surface area contributed by atoms with E-state index in [0.29, 0.717) is 30.4 Å². The molecule has 37 heavy (non-hydrogen) atoms. The molecule has 2 aromatic carbocycles. The van der Waals surface area contributed by atoms with Crippen LogP contribution in [0.2, 0.25) is 0 Å². The van der Waals surface area contributed by atoms with Crippen LogP contribution in [0.25, 0.3) is 16.3 Å². The molecule has 4 aromatic rings. The second kappa shape index (κ2) is 9.66. The van der Waals surface area contributed by atoms with Gasteiger partial charge in [0, 0.05) is 32.2 Å². The number of hydrogen-bond donors (Lipinski definition) is 0. The van der Waals surface area contributed by atoms with Gasteiger partial charge < -0.3 is 14.4 Å². The van der Waals surface area contributed by atoms with Gasteiger partial charge >= 0.3 is 0 Å². The number of para-hydroxylation sites is 1. The summed E-state index contributed by atoms with van der Waals surface area (Å²) in [6.07, 6.45) is 0. The van der Waals surface area contributed by atoms with Crippen LogP contribution in [0.4, 0.5) is 0 Å². The van der Waals surface area contributed by atoms with Crippen LogP contribution in [0.1, 0.15) is 10.5 Å². The standard InChI is InChI=1S/C26H24N4O5S2/c31-26(22-18-21(25-7-4-16-36-25)27-30(22)19-5-2-1-3-6-19)28-10-12-29(13-11-28)37(32,33)20-8-9-23-24(17-20)35-15-14-34-23/h1-9,16-18H,10-15H2. The Labute approximate surface area is 218 Å². The summed E-state index contributed by atoms with van der Waals surface area (Å²) in [6, 6.07) is 19.9. The molecule has 1 saturated heterocycles. The number of rotatable bonds is 5. The van der Waals surface area contributed by atoms with Crippen molar-refractivity contribution in [1.82, 2.24) is 19.0 Å². The smallest absolute Gasteiger partial charge is 0.272 e. The predicted octanol–water partition coefficient (Wildman–Crippen LogP) is 3.52. The zero-order valence-electron chi connectivity index (χ0n) is 19.8. The number of piperazine rings is 1. The SMILES string of the molecule is O=C(c1cc(-c2cccs2)nn1-c1ccccc1)N1CCN(S(=O)(=O)c2ccc3c(c2)OCCO3)CC1. The lowest BCUT2D eigenvalue weighted by molar-refractivity contribution is 0.0688. The van der Waals surface area contributed by atoms with Gasteiger partial charge in [-0.3, -0.25) is 4.79 Å². The van der Waals surface area contributed by atoms with E-state index in [1.165, 1.54) is 16.4 Å². The van der Waals surface area contributed by atoms with Crippen LogP contribution >= 0.6 is 11.3 Å². The highest BCUT2D eigenvalue weighted by molar-refractivity contribution is 7.89. The fourth-order valence-electron chi connectivity index (χ4n) is 4.47. The third-order valence-corrected chi connectivity index (χ3v) is 9.17. The molecule has 1 fully saturated rings. The van der Waals surface area contributed by atoms with Crippen LogP contribution in [0.15, 0.2) is 77.0 Å². The summed E-state index contributed by atoms with van der Waals surface area (Å²) in [4.78, 5) is 16.4. The van der Waals surface area contributed by atoms with E-state index in [1.54, 1.807) is 33.1 Å². The van der Waals surface area contributed by atoms with Crippen LogP contribution in [0.5, 0.6) is 11.5 Å². The fourth-order valence-corrected chi connectivity index (χ4v) is 6.59. The first-order valence-corrected chi connectivity index (χ1v) is 14.2. The number of thiophene rings is 1. The Morgan fingerprint density at radius 2 is 1.62 bits per heavy atom. The molecule has 0 N–H and O–H groups in total. The van der Waals surface area contributed by atoms with Gasteiger partial charge in [0.15, 0.2) is 11.5 Å². The molecule has 0 bridgehead atoms. The zero-order chi connectivity index (χ0) is 25.4. The quantitative estimate of drug-likeness (QED) is 0.388. The number of benzene rings is 2. The number of aromatic nitrogens is 2. The highest BCUT2D eigenvalue weighted by atomic mass is 32.2. The maximum Gasteiger partial charge on any atom is 0.272 e. The van der Waals surface area contributed by atoms with E-state index >= 15 is 0 Å². The molecule has 0 radical (unpaired) electrons. The van der Waals surface area contributed by atoms with Gasteiger partial charge in [-0.15, -0.1) is 11.3 Å². The molecule has 2 aliphatic heterocycles. The van der Waals surface area contributed by atoms with Crippen LogP contribution < -0.4 is 9.47 Å². The zero-order valence-corrected chi connectivity index (χ0v) is 21.5. The summed E-state index contributed by atoms with van der Waals surface area (Å²) in [6.45, 7) is 1.76. The summed E-state index contributed by atoms with van der Waals surface area (Å²) in [7, 11) is -3.74. The van der Waals surface area contributed by atoms with Crippen molar-refractivity contribution >= 4 is 27.3 Å². The average Bonchev–Trinajstić information content (AvgIpc) is 3.64. The van der Waals surface area contributed by atoms with Crippen molar-refractivity contribution in [3.8, 4) is 27.8 Å². The molecule has 2 aliphatic rings. The summed E-state index contributed by atoms with van der Waals surface area (Å²) in [5, 5.41) is 6.69. The Morgan fingerprint density at radius 1 is 0.865 bits per heavy atom. The van der Waals surface area contributed by atoms with Gasteiger partial charge in [-0.1, -0.05) is 24.3 Å². The minimum Gasteiger partial charge on any atom is -0.486 e. The number of carbonyl (C=O) groups excluding carboxylic acids is 1. The Kier molecular flexibility index (Phi) is 6.19. The Morgan fingerprint density at radius 3 is 2.35 bits per heavy atom. The summed E-state index contributed by atoms with van der Waals surface area (Å²) in [5.74, 6) is 0.782. The van der Waals surface area contributed by atoms with Crippen LogP contribution in [0, 0.1) is 0 Å². The summed E-state index contributed by atoms with van der Waals surface area (Å²) >= 11 is 1.56. The van der Waals surface area contributed by atoms with Gasteiger partial charge in [0.05, 0.1) is 15.5 Å². The fraction of sp³-hybridized carbons (Fsp3) is 0.231. The van der Waals surface area contributed by atoms with E-state index in [0.717, 1.165) is 16.3 Å². The highest BCUT2D eigenvalue weighted by Crippen LogP contribution is 2.33. The number of ether oxygens (including phenoxy) is 2. The average molecular weight is 537 g/mol. The Balaban J connectivity index is 1.22. The number of carbonyl (C=O) groups is 1. The van der Waals surface area contributed by atoms with Gasteiger partial charge in [0.2, 0.25) is 10.0 Å². The van der Waals surface area contributed by atoms with Gasteiger partial charge in [-0.05, 0) is 41.8 Å². The second-order valence-corrected chi connectivity index (χ2v) is 11.5. The molecule has 9 nitrogen and oxygen atoms in total. The largest absolute Gasteiger partial charge is 0.486 e. The maximum atomic E-state index is 13.6. The Bertz CT molecular complexity index is 1530. The normalized spacial score (nSPS) is 16.1. The molecule has 0 aliphatic carbocycles. The summed E-state index contributed by atoms with van der Waals surface area (Å²) in [5.41, 5.74) is 1.95.